The molecule has 0 fully saturated rings. The Hall–Kier alpha value is -2.05. The molecule has 1 heterocycles. The Balaban J connectivity index is 2.01. The molecule has 2 N–H and O–H groups in total. The van der Waals surface area contributed by atoms with Gasteiger partial charge < -0.3 is 19.9 Å². The van der Waals surface area contributed by atoms with Crippen molar-refractivity contribution in [3.05, 3.63) is 18.2 Å². The second-order valence-electron chi connectivity index (χ2n) is 3.40. The number of anilines is 1. The summed E-state index contributed by atoms with van der Waals surface area (Å²) in [6.45, 7) is 0.200. The van der Waals surface area contributed by atoms with Gasteiger partial charge in [-0.1, -0.05) is 0 Å². The smallest absolute Gasteiger partial charge is 0.481 e. The molecule has 0 aromatic heterocycles. The molecule has 1 aromatic carbocycles. The maximum absolute atomic E-state index is 12.7. The first kappa shape index (κ1) is 11.4. The van der Waals surface area contributed by atoms with Gasteiger partial charge in [0.05, 0.1) is 6.42 Å². The Morgan fingerprint density at radius 3 is 2.76 bits per heavy atom. The molecule has 0 spiro atoms. The van der Waals surface area contributed by atoms with Crippen LogP contribution < -0.4 is 14.8 Å². The number of nitrogens with one attached hydrogen (secondary N) is 1. The van der Waals surface area contributed by atoms with E-state index < -0.39 is 12.3 Å². The maximum atomic E-state index is 12.7. The summed E-state index contributed by atoms with van der Waals surface area (Å²) in [5.74, 6) is -1.06. The van der Waals surface area contributed by atoms with E-state index in [2.05, 4.69) is 14.8 Å². The average Bonchev–Trinajstić information content (AvgIpc) is 2.50. The first-order chi connectivity index (χ1) is 7.96. The van der Waals surface area contributed by atoms with Crippen LogP contribution in [0.2, 0.25) is 0 Å². The molecule has 0 aliphatic carbocycles. The summed E-state index contributed by atoms with van der Waals surface area (Å²) in [6.07, 6.45) is -3.70. The molecule has 0 saturated heterocycles. The second kappa shape index (κ2) is 4.08. The third-order valence-electron chi connectivity index (χ3n) is 2.07. The number of carbonyl (C=O) groups is 1. The zero-order valence-corrected chi connectivity index (χ0v) is 8.57. The number of fused-ring (bicyclic) bond motifs is 1. The Morgan fingerprint density at radius 1 is 1.35 bits per heavy atom. The highest BCUT2D eigenvalue weighted by atomic mass is 19.3. The first-order valence-electron chi connectivity index (χ1n) is 4.82. The van der Waals surface area contributed by atoms with Crippen molar-refractivity contribution < 1.29 is 28.2 Å². The minimum atomic E-state index is -3.64. The molecule has 0 radical (unpaired) electrons. The van der Waals surface area contributed by atoms with Crippen molar-refractivity contribution in [1.29, 1.82) is 0 Å². The number of hydrogen-bond donors (Lipinski definition) is 2. The van der Waals surface area contributed by atoms with Crippen LogP contribution in [-0.2, 0) is 4.79 Å². The van der Waals surface area contributed by atoms with E-state index in [1.54, 1.807) is 0 Å². The van der Waals surface area contributed by atoms with Crippen molar-refractivity contribution in [2.75, 3.05) is 11.9 Å². The van der Waals surface area contributed by atoms with Gasteiger partial charge in [0.15, 0.2) is 11.5 Å². The molecule has 2 rings (SSSR count). The molecular weight excluding hydrogens is 236 g/mol. The SMILES string of the molecule is O=C(O)CCNc1ccc2c(c1)OC(F)(F)O2. The zero-order valence-electron chi connectivity index (χ0n) is 8.57. The van der Waals surface area contributed by atoms with Crippen LogP contribution in [0.3, 0.4) is 0 Å². The van der Waals surface area contributed by atoms with Gasteiger partial charge in [-0.05, 0) is 12.1 Å². The van der Waals surface area contributed by atoms with Crippen molar-refractivity contribution in [1.82, 2.24) is 0 Å². The van der Waals surface area contributed by atoms with Crippen LogP contribution in [0.1, 0.15) is 6.42 Å². The largest absolute Gasteiger partial charge is 0.586 e. The molecule has 0 atom stereocenters. The van der Waals surface area contributed by atoms with Crippen LogP contribution in [0, 0.1) is 0 Å². The number of alkyl halides is 2. The van der Waals surface area contributed by atoms with Gasteiger partial charge in [-0.15, -0.1) is 8.78 Å². The average molecular weight is 245 g/mol. The molecule has 1 aliphatic heterocycles. The summed E-state index contributed by atoms with van der Waals surface area (Å²) >= 11 is 0. The highest BCUT2D eigenvalue weighted by Gasteiger charge is 2.43. The van der Waals surface area contributed by atoms with Crippen molar-refractivity contribution in [2.24, 2.45) is 0 Å². The topological polar surface area (TPSA) is 67.8 Å². The molecular formula is C10H9F2NO4. The third-order valence-corrected chi connectivity index (χ3v) is 2.07. The van der Waals surface area contributed by atoms with Gasteiger partial charge in [-0.3, -0.25) is 4.79 Å². The Morgan fingerprint density at radius 2 is 2.06 bits per heavy atom. The molecule has 5 nitrogen and oxygen atoms in total. The lowest BCUT2D eigenvalue weighted by Gasteiger charge is -2.05. The monoisotopic (exact) mass is 245 g/mol. The van der Waals surface area contributed by atoms with Gasteiger partial charge >= 0.3 is 12.3 Å². The van der Waals surface area contributed by atoms with Gasteiger partial charge in [0, 0.05) is 18.3 Å². The van der Waals surface area contributed by atoms with E-state index in [0.29, 0.717) is 5.69 Å². The van der Waals surface area contributed by atoms with Crippen LogP contribution in [0.25, 0.3) is 0 Å². The maximum Gasteiger partial charge on any atom is 0.586 e. The van der Waals surface area contributed by atoms with E-state index in [9.17, 15) is 13.6 Å². The normalized spacial score (nSPS) is 15.6. The lowest BCUT2D eigenvalue weighted by Crippen LogP contribution is -2.25. The van der Waals surface area contributed by atoms with Crippen molar-refractivity contribution >= 4 is 11.7 Å². The predicted molar refractivity (Wildman–Crippen MR) is 53.4 cm³/mol. The number of hydrogen-bond acceptors (Lipinski definition) is 4. The highest BCUT2D eigenvalue weighted by Crippen LogP contribution is 2.42. The van der Waals surface area contributed by atoms with Crippen molar-refractivity contribution in [2.45, 2.75) is 12.7 Å². The summed E-state index contributed by atoms with van der Waals surface area (Å²) in [4.78, 5) is 10.3. The Labute approximate surface area is 94.9 Å². The van der Waals surface area contributed by atoms with Crippen LogP contribution >= 0.6 is 0 Å². The highest BCUT2D eigenvalue weighted by molar-refractivity contribution is 5.67. The Kier molecular flexibility index (Phi) is 2.74. The summed E-state index contributed by atoms with van der Waals surface area (Å²) in [5.41, 5.74) is 0.492. The standard InChI is InChI=1S/C10H9F2NO4/c11-10(12)16-7-2-1-6(5-8(7)17-10)13-4-3-9(14)15/h1-2,5,13H,3-4H2,(H,14,15). The van der Waals surface area contributed by atoms with Crippen LogP contribution in [-0.4, -0.2) is 23.9 Å². The molecule has 0 saturated carbocycles. The molecule has 1 aliphatic rings. The van der Waals surface area contributed by atoms with Gasteiger partial charge in [-0.2, -0.15) is 0 Å². The molecule has 92 valence electrons. The molecule has 1 aromatic rings. The predicted octanol–water partition coefficient (Wildman–Crippen LogP) is 1.89. The minimum Gasteiger partial charge on any atom is -0.481 e. The Bertz CT molecular complexity index is 450. The lowest BCUT2D eigenvalue weighted by atomic mass is 10.2. The molecule has 0 unspecified atom stereocenters. The number of benzene rings is 1. The number of aliphatic carboxylic acids is 1. The van der Waals surface area contributed by atoms with Crippen molar-refractivity contribution in [3.8, 4) is 11.5 Å². The molecule has 0 amide bonds. The lowest BCUT2D eigenvalue weighted by molar-refractivity contribution is -0.286. The van der Waals surface area contributed by atoms with Crippen molar-refractivity contribution in [3.63, 3.8) is 0 Å². The summed E-state index contributed by atoms with van der Waals surface area (Å²) < 4.78 is 33.8. The van der Waals surface area contributed by atoms with E-state index in [1.807, 2.05) is 0 Å². The number of ether oxygens (including phenoxy) is 2. The minimum absolute atomic E-state index is 0.0428. The fourth-order valence-electron chi connectivity index (χ4n) is 1.37. The number of halogens is 2. The summed E-state index contributed by atoms with van der Waals surface area (Å²) in [7, 11) is 0. The van der Waals surface area contributed by atoms with Crippen LogP contribution in [0.4, 0.5) is 14.5 Å². The zero-order chi connectivity index (χ0) is 12.5. The van der Waals surface area contributed by atoms with Gasteiger partial charge in [-0.25, -0.2) is 0 Å². The number of carboxylic acids is 1. The van der Waals surface area contributed by atoms with Gasteiger partial charge in [0.2, 0.25) is 0 Å². The van der Waals surface area contributed by atoms with Crippen LogP contribution in [0.5, 0.6) is 11.5 Å². The quantitative estimate of drug-likeness (QED) is 0.847. The molecule has 17 heavy (non-hydrogen) atoms. The molecule has 0 bridgehead atoms. The van der Waals surface area contributed by atoms with E-state index in [1.165, 1.54) is 18.2 Å². The number of rotatable bonds is 4. The van der Waals surface area contributed by atoms with E-state index in [-0.39, 0.29) is 24.5 Å². The van der Waals surface area contributed by atoms with E-state index >= 15 is 0 Å². The summed E-state index contributed by atoms with van der Waals surface area (Å²) in [5, 5.41) is 11.2. The fraction of sp³-hybridized carbons (Fsp3) is 0.300. The second-order valence-corrected chi connectivity index (χ2v) is 3.40. The molecule has 7 heteroatoms. The van der Waals surface area contributed by atoms with Gasteiger partial charge in [0.1, 0.15) is 0 Å². The van der Waals surface area contributed by atoms with E-state index in [4.69, 9.17) is 5.11 Å². The summed E-state index contributed by atoms with van der Waals surface area (Å²) in [6, 6.07) is 4.17. The number of carboxylic acid groups (broad SMARTS) is 1. The first-order valence-corrected chi connectivity index (χ1v) is 4.82. The van der Waals surface area contributed by atoms with Gasteiger partial charge in [0.25, 0.3) is 0 Å². The third kappa shape index (κ3) is 2.74. The van der Waals surface area contributed by atoms with E-state index in [0.717, 1.165) is 0 Å². The fourth-order valence-corrected chi connectivity index (χ4v) is 1.37. The van der Waals surface area contributed by atoms with Crippen LogP contribution in [0.15, 0.2) is 18.2 Å².